The quantitative estimate of drug-likeness (QED) is 0.170. The minimum Gasteiger partial charge on any atom is -0.488 e. The van der Waals surface area contributed by atoms with E-state index in [4.69, 9.17) is 19.9 Å². The van der Waals surface area contributed by atoms with E-state index in [1.807, 2.05) is 49.4 Å². The number of hydrogen-bond donors (Lipinski definition) is 1. The van der Waals surface area contributed by atoms with Crippen molar-refractivity contribution in [3.63, 3.8) is 0 Å². The number of esters is 1. The van der Waals surface area contributed by atoms with Crippen LogP contribution in [0.5, 0.6) is 11.5 Å². The van der Waals surface area contributed by atoms with Crippen molar-refractivity contribution in [2.45, 2.75) is 51.4 Å². The number of nitrogens with two attached hydrogens (primary N) is 1. The predicted octanol–water partition coefficient (Wildman–Crippen LogP) is 5.48. The second kappa shape index (κ2) is 13.3. The first kappa shape index (κ1) is 30.2. The lowest BCUT2D eigenvalue weighted by atomic mass is 9.92. The Morgan fingerprint density at radius 3 is 2.47 bits per heavy atom. The Morgan fingerprint density at radius 1 is 1.02 bits per heavy atom. The average Bonchev–Trinajstić information content (AvgIpc) is 3.81. The first-order valence-corrected chi connectivity index (χ1v) is 14.2. The molecule has 1 heterocycles. The summed E-state index contributed by atoms with van der Waals surface area (Å²) in [7, 11) is 0. The summed E-state index contributed by atoms with van der Waals surface area (Å²) in [6, 6.07) is 16.5. The fourth-order valence-electron chi connectivity index (χ4n) is 4.99. The minimum atomic E-state index is -1.34. The molecule has 1 atom stereocenters. The molecule has 1 amide bonds. The predicted molar refractivity (Wildman–Crippen MR) is 154 cm³/mol. The number of ether oxygens (including phenoxy) is 3. The van der Waals surface area contributed by atoms with Crippen LogP contribution in [0.2, 0.25) is 0 Å². The van der Waals surface area contributed by atoms with Gasteiger partial charge in [-0.3, -0.25) is 9.69 Å². The van der Waals surface area contributed by atoms with Gasteiger partial charge in [-0.05, 0) is 85.6 Å². The van der Waals surface area contributed by atoms with E-state index in [0.717, 1.165) is 41.2 Å². The van der Waals surface area contributed by atoms with E-state index >= 15 is 0 Å². The highest BCUT2D eigenvalue weighted by molar-refractivity contribution is 5.99. The molecule has 1 aliphatic carbocycles. The first-order chi connectivity index (χ1) is 20.7. The van der Waals surface area contributed by atoms with Crippen LogP contribution in [-0.4, -0.2) is 48.8 Å². The van der Waals surface area contributed by atoms with E-state index in [9.17, 15) is 22.8 Å². The number of rotatable bonds is 12. The van der Waals surface area contributed by atoms with E-state index in [-0.39, 0.29) is 19.3 Å². The number of amides is 1. The Balaban J connectivity index is 1.28. The van der Waals surface area contributed by atoms with E-state index < -0.39 is 41.3 Å². The van der Waals surface area contributed by atoms with Crippen LogP contribution >= 0.6 is 0 Å². The Hall–Kier alpha value is -4.31. The summed E-state index contributed by atoms with van der Waals surface area (Å²) in [5.74, 6) is -4.76. The van der Waals surface area contributed by atoms with Crippen LogP contribution in [0.15, 0.2) is 66.2 Å². The maximum atomic E-state index is 13.8. The van der Waals surface area contributed by atoms with Crippen molar-refractivity contribution in [2.75, 3.05) is 19.7 Å². The largest absolute Gasteiger partial charge is 0.488 e. The third-order valence-corrected chi connectivity index (χ3v) is 7.39. The SMILES string of the molecule is Cc1cccc(OC(C(N)=O)N2CCC(c3ccc(CCCOc4c(F)ccc(F)c4F)cc3)=C(C(=O)OC3CC3)C2)c1. The maximum absolute atomic E-state index is 13.8. The summed E-state index contributed by atoms with van der Waals surface area (Å²) >= 11 is 0. The van der Waals surface area contributed by atoms with Crippen molar-refractivity contribution in [3.8, 4) is 11.5 Å². The van der Waals surface area contributed by atoms with E-state index in [2.05, 4.69) is 0 Å². The van der Waals surface area contributed by atoms with Crippen LogP contribution in [0.25, 0.3) is 5.57 Å². The molecule has 43 heavy (non-hydrogen) atoms. The standard InChI is InChI=1S/C33H33F3N2O5/c1-20-4-2-6-24(18-20)42-32(31(37)39)38-16-15-25(26(19-38)33(40)43-23-11-12-23)22-9-7-21(8-10-22)5-3-17-41-30-28(35)14-13-27(34)29(30)36/h2,4,6-10,13-14,18,23,32H,3,5,11-12,15-17,19H2,1H3,(H2,37,39). The molecular weight excluding hydrogens is 561 g/mol. The van der Waals surface area contributed by atoms with Gasteiger partial charge in [-0.25, -0.2) is 13.6 Å². The fourth-order valence-corrected chi connectivity index (χ4v) is 4.99. The van der Waals surface area contributed by atoms with Crippen LogP contribution in [0.3, 0.4) is 0 Å². The third-order valence-electron chi connectivity index (χ3n) is 7.39. The normalized spacial score (nSPS) is 16.1. The Bertz CT molecular complexity index is 1520. The number of hydrogen-bond acceptors (Lipinski definition) is 6. The Labute approximate surface area is 248 Å². The van der Waals surface area contributed by atoms with Crippen LogP contribution in [0, 0.1) is 24.4 Å². The molecule has 5 rings (SSSR count). The van der Waals surface area contributed by atoms with Crippen molar-refractivity contribution >= 4 is 17.4 Å². The highest BCUT2D eigenvalue weighted by Crippen LogP contribution is 2.33. The van der Waals surface area contributed by atoms with Gasteiger partial charge in [0.05, 0.1) is 12.2 Å². The van der Waals surface area contributed by atoms with Gasteiger partial charge in [0.2, 0.25) is 12.0 Å². The third kappa shape index (κ3) is 7.56. The molecule has 2 N–H and O–H groups in total. The van der Waals surface area contributed by atoms with E-state index in [1.54, 1.807) is 11.0 Å². The van der Waals surface area contributed by atoms with Crippen LogP contribution in [0.1, 0.15) is 42.4 Å². The molecule has 0 radical (unpaired) electrons. The summed E-state index contributed by atoms with van der Waals surface area (Å²) in [6.45, 7) is 2.49. The monoisotopic (exact) mass is 594 g/mol. The first-order valence-electron chi connectivity index (χ1n) is 14.2. The molecule has 2 aliphatic rings. The molecule has 0 spiro atoms. The second-order valence-corrected chi connectivity index (χ2v) is 10.8. The number of benzene rings is 3. The molecule has 0 saturated heterocycles. The Morgan fingerprint density at radius 2 is 1.77 bits per heavy atom. The van der Waals surface area contributed by atoms with Gasteiger partial charge in [-0.15, -0.1) is 0 Å². The molecule has 0 aromatic heterocycles. The van der Waals surface area contributed by atoms with Crippen molar-refractivity contribution in [2.24, 2.45) is 5.73 Å². The zero-order valence-electron chi connectivity index (χ0n) is 23.8. The highest BCUT2D eigenvalue weighted by Gasteiger charge is 2.35. The number of nitrogens with zero attached hydrogens (tertiary/aromatic N) is 1. The summed E-state index contributed by atoms with van der Waals surface area (Å²) in [5.41, 5.74) is 9.79. The summed E-state index contributed by atoms with van der Waals surface area (Å²) in [5, 5.41) is 0. The molecule has 0 bridgehead atoms. The summed E-state index contributed by atoms with van der Waals surface area (Å²) < 4.78 is 57.8. The molecule has 10 heteroatoms. The lowest BCUT2D eigenvalue weighted by Gasteiger charge is -2.34. The van der Waals surface area contributed by atoms with Gasteiger partial charge in [0.1, 0.15) is 11.9 Å². The zero-order valence-corrected chi connectivity index (χ0v) is 23.8. The molecular formula is C33H33F3N2O5. The minimum absolute atomic E-state index is 0.00282. The van der Waals surface area contributed by atoms with E-state index in [0.29, 0.717) is 43.2 Å². The smallest absolute Gasteiger partial charge is 0.335 e. The average molecular weight is 595 g/mol. The molecule has 1 aliphatic heterocycles. The highest BCUT2D eigenvalue weighted by atomic mass is 19.2. The van der Waals surface area contributed by atoms with Gasteiger partial charge < -0.3 is 19.9 Å². The van der Waals surface area contributed by atoms with Crippen molar-refractivity contribution < 1.29 is 37.0 Å². The molecule has 1 fully saturated rings. The molecule has 3 aromatic rings. The number of primary amides is 1. The number of carbonyl (C=O) groups excluding carboxylic acids is 2. The lowest BCUT2D eigenvalue weighted by Crippen LogP contribution is -2.51. The Kier molecular flexibility index (Phi) is 9.35. The van der Waals surface area contributed by atoms with Gasteiger partial charge in [-0.2, -0.15) is 4.39 Å². The van der Waals surface area contributed by atoms with Crippen LogP contribution in [-0.2, 0) is 20.7 Å². The summed E-state index contributed by atoms with van der Waals surface area (Å²) in [4.78, 5) is 27.4. The van der Waals surface area contributed by atoms with Crippen molar-refractivity contribution in [3.05, 3.63) is 100 Å². The van der Waals surface area contributed by atoms with Crippen molar-refractivity contribution in [1.29, 1.82) is 0 Å². The van der Waals surface area contributed by atoms with E-state index in [1.165, 1.54) is 0 Å². The van der Waals surface area contributed by atoms with Gasteiger partial charge in [-0.1, -0.05) is 36.4 Å². The number of carbonyl (C=O) groups is 2. The summed E-state index contributed by atoms with van der Waals surface area (Å²) in [6.07, 6.45) is 1.97. The zero-order chi connectivity index (χ0) is 30.5. The number of aryl methyl sites for hydroxylation is 2. The van der Waals surface area contributed by atoms with Crippen molar-refractivity contribution in [1.82, 2.24) is 4.90 Å². The molecule has 7 nitrogen and oxygen atoms in total. The van der Waals surface area contributed by atoms with Gasteiger partial charge >= 0.3 is 5.97 Å². The number of halogens is 3. The van der Waals surface area contributed by atoms with Crippen LogP contribution < -0.4 is 15.2 Å². The molecule has 3 aromatic carbocycles. The lowest BCUT2D eigenvalue weighted by molar-refractivity contribution is -0.142. The topological polar surface area (TPSA) is 91.1 Å². The fraction of sp³-hybridized carbons (Fsp3) is 0.333. The van der Waals surface area contributed by atoms with Gasteiger partial charge in [0.25, 0.3) is 5.91 Å². The van der Waals surface area contributed by atoms with Gasteiger partial charge in [0.15, 0.2) is 17.4 Å². The molecule has 1 unspecified atom stereocenters. The molecule has 226 valence electrons. The molecule has 1 saturated carbocycles. The van der Waals surface area contributed by atoms with Crippen LogP contribution in [0.4, 0.5) is 13.2 Å². The second-order valence-electron chi connectivity index (χ2n) is 10.8. The van der Waals surface area contributed by atoms with Gasteiger partial charge in [0, 0.05) is 13.1 Å². The maximum Gasteiger partial charge on any atom is 0.335 e.